The Morgan fingerprint density at radius 1 is 1.31 bits per heavy atom. The summed E-state index contributed by atoms with van der Waals surface area (Å²) < 4.78 is 39.0. The molecule has 6 nitrogen and oxygen atoms in total. The van der Waals surface area contributed by atoms with Gasteiger partial charge < -0.3 is 19.4 Å². The molecule has 0 aliphatic carbocycles. The maximum Gasteiger partial charge on any atom is 0.410 e. The lowest BCUT2D eigenvalue weighted by molar-refractivity contribution is -0.131. The van der Waals surface area contributed by atoms with E-state index in [1.54, 1.807) is 34.6 Å². The van der Waals surface area contributed by atoms with Crippen LogP contribution in [-0.2, 0) is 9.53 Å². The van der Waals surface area contributed by atoms with Crippen molar-refractivity contribution >= 4 is 23.0 Å². The van der Waals surface area contributed by atoms with Crippen LogP contribution in [0.15, 0.2) is 22.6 Å². The molecule has 0 radical (unpaired) electrons. The van der Waals surface area contributed by atoms with Crippen LogP contribution >= 0.6 is 0 Å². The average molecular weight is 408 g/mol. The van der Waals surface area contributed by atoms with Crippen LogP contribution in [0.2, 0.25) is 0 Å². The van der Waals surface area contributed by atoms with Crippen LogP contribution in [0, 0.1) is 18.7 Å². The molecule has 2 atom stereocenters. The fraction of sp³-hybridized carbons (Fsp3) is 0.524. The molecular weight excluding hydrogens is 382 g/mol. The van der Waals surface area contributed by atoms with Crippen LogP contribution in [0.25, 0.3) is 11.0 Å². The fourth-order valence-electron chi connectivity index (χ4n) is 3.37. The summed E-state index contributed by atoms with van der Waals surface area (Å²) in [5, 5.41) is 3.22. The number of benzene rings is 1. The smallest absolute Gasteiger partial charge is 0.410 e. The number of rotatable bonds is 4. The van der Waals surface area contributed by atoms with E-state index in [1.165, 1.54) is 23.1 Å². The van der Waals surface area contributed by atoms with Gasteiger partial charge in [-0.2, -0.15) is 0 Å². The molecule has 1 N–H and O–H groups in total. The van der Waals surface area contributed by atoms with E-state index < -0.39 is 35.7 Å². The molecule has 1 aliphatic rings. The van der Waals surface area contributed by atoms with Crippen molar-refractivity contribution in [3.63, 3.8) is 0 Å². The zero-order valence-electron chi connectivity index (χ0n) is 17.2. The van der Waals surface area contributed by atoms with E-state index >= 15 is 0 Å². The number of nitrogens with zero attached hydrogens (tertiary/aromatic N) is 1. The third kappa shape index (κ3) is 4.52. The summed E-state index contributed by atoms with van der Waals surface area (Å²) in [5.41, 5.74) is 0.573. The zero-order valence-corrected chi connectivity index (χ0v) is 17.2. The molecule has 1 saturated heterocycles. The normalized spacial score (nSPS) is 17.0. The highest BCUT2D eigenvalue weighted by molar-refractivity contribution is 5.84. The Kier molecular flexibility index (Phi) is 5.56. The predicted molar refractivity (Wildman–Crippen MR) is 104 cm³/mol. The van der Waals surface area contributed by atoms with Gasteiger partial charge in [-0.1, -0.05) is 0 Å². The number of alkyl halides is 1. The van der Waals surface area contributed by atoms with E-state index in [0.29, 0.717) is 22.3 Å². The van der Waals surface area contributed by atoms with Crippen LogP contribution < -0.4 is 5.32 Å². The number of aryl methyl sites for hydroxylation is 1. The standard InChI is InChI=1S/C21H26F2N2O4/c1-11-15-8-14(22)6-7-16(15)28-18(11)12(2)24-19(26)17(23)13-9-25(10-13)20(27)29-21(3,4)5/h6-8,12-13,17H,9-10H2,1-5H3,(H,24,26)/t12-,17+/m1/s1. The maximum atomic E-state index is 14.6. The highest BCUT2D eigenvalue weighted by atomic mass is 19.1. The summed E-state index contributed by atoms with van der Waals surface area (Å²) in [4.78, 5) is 25.6. The summed E-state index contributed by atoms with van der Waals surface area (Å²) in [6, 6.07) is 3.60. The van der Waals surface area contributed by atoms with Gasteiger partial charge in [0.1, 0.15) is 22.8 Å². The second-order valence-electron chi connectivity index (χ2n) is 8.51. The molecule has 158 valence electrons. The Bertz CT molecular complexity index is 929. The predicted octanol–water partition coefficient (Wildman–Crippen LogP) is 4.26. The van der Waals surface area contributed by atoms with Crippen LogP contribution in [0.4, 0.5) is 13.6 Å². The van der Waals surface area contributed by atoms with E-state index in [2.05, 4.69) is 5.32 Å². The van der Waals surface area contributed by atoms with Crippen LogP contribution in [-0.4, -0.2) is 41.8 Å². The van der Waals surface area contributed by atoms with E-state index in [4.69, 9.17) is 9.15 Å². The van der Waals surface area contributed by atoms with Crippen molar-refractivity contribution in [2.45, 2.75) is 52.4 Å². The van der Waals surface area contributed by atoms with Gasteiger partial charge in [0.05, 0.1) is 6.04 Å². The minimum absolute atomic E-state index is 0.126. The molecule has 2 heterocycles. The summed E-state index contributed by atoms with van der Waals surface area (Å²) in [7, 11) is 0. The quantitative estimate of drug-likeness (QED) is 0.821. The Hall–Kier alpha value is -2.64. The molecule has 2 amide bonds. The van der Waals surface area contributed by atoms with Gasteiger partial charge in [-0.3, -0.25) is 4.79 Å². The van der Waals surface area contributed by atoms with Crippen molar-refractivity contribution in [3.8, 4) is 0 Å². The molecule has 1 aromatic carbocycles. The minimum atomic E-state index is -1.75. The number of hydrogen-bond donors (Lipinski definition) is 1. The number of nitrogens with one attached hydrogen (secondary N) is 1. The van der Waals surface area contributed by atoms with Crippen molar-refractivity contribution in [3.05, 3.63) is 35.3 Å². The SMILES string of the molecule is Cc1c([C@@H](C)NC(=O)[C@@H](F)C2CN(C(=O)OC(C)(C)C)C2)oc2ccc(F)cc12. The van der Waals surface area contributed by atoms with Crippen molar-refractivity contribution in [1.29, 1.82) is 0 Å². The molecule has 0 spiro atoms. The second-order valence-corrected chi connectivity index (χ2v) is 8.51. The van der Waals surface area contributed by atoms with E-state index in [-0.39, 0.29) is 18.9 Å². The number of hydrogen-bond acceptors (Lipinski definition) is 4. The minimum Gasteiger partial charge on any atom is -0.459 e. The maximum absolute atomic E-state index is 14.6. The Morgan fingerprint density at radius 2 is 1.97 bits per heavy atom. The Morgan fingerprint density at radius 3 is 2.59 bits per heavy atom. The zero-order chi connectivity index (χ0) is 21.5. The van der Waals surface area contributed by atoms with Crippen molar-refractivity contribution in [2.75, 3.05) is 13.1 Å². The third-order valence-corrected chi connectivity index (χ3v) is 4.91. The molecule has 3 rings (SSSR count). The largest absolute Gasteiger partial charge is 0.459 e. The second kappa shape index (κ2) is 7.65. The van der Waals surface area contributed by atoms with Crippen LogP contribution in [0.1, 0.15) is 45.1 Å². The van der Waals surface area contributed by atoms with Gasteiger partial charge in [-0.05, 0) is 52.8 Å². The van der Waals surface area contributed by atoms with Gasteiger partial charge >= 0.3 is 6.09 Å². The lowest BCUT2D eigenvalue weighted by Crippen LogP contribution is -2.57. The fourth-order valence-corrected chi connectivity index (χ4v) is 3.37. The topological polar surface area (TPSA) is 71.8 Å². The number of fused-ring (bicyclic) bond motifs is 1. The number of furan rings is 1. The number of carbonyl (C=O) groups excluding carboxylic acids is 2. The molecule has 8 heteroatoms. The summed E-state index contributed by atoms with van der Waals surface area (Å²) in [6.45, 7) is 8.96. The van der Waals surface area contributed by atoms with E-state index in [1.807, 2.05) is 0 Å². The number of ether oxygens (including phenoxy) is 1. The molecule has 0 bridgehead atoms. The molecule has 0 unspecified atom stereocenters. The first kappa shape index (κ1) is 21.1. The number of carbonyl (C=O) groups is 2. The van der Waals surface area contributed by atoms with Gasteiger partial charge in [0.15, 0.2) is 6.17 Å². The van der Waals surface area contributed by atoms with Crippen LogP contribution in [0.5, 0.6) is 0 Å². The highest BCUT2D eigenvalue weighted by Crippen LogP contribution is 2.30. The first-order chi connectivity index (χ1) is 13.5. The lowest BCUT2D eigenvalue weighted by Gasteiger charge is -2.40. The first-order valence-electron chi connectivity index (χ1n) is 9.57. The van der Waals surface area contributed by atoms with Crippen molar-refractivity contribution in [1.82, 2.24) is 10.2 Å². The Labute approximate surface area is 168 Å². The molecular formula is C21H26F2N2O4. The monoisotopic (exact) mass is 408 g/mol. The van der Waals surface area contributed by atoms with Gasteiger partial charge in [0.25, 0.3) is 5.91 Å². The van der Waals surface area contributed by atoms with Gasteiger partial charge in [-0.15, -0.1) is 0 Å². The summed E-state index contributed by atoms with van der Waals surface area (Å²) >= 11 is 0. The highest BCUT2D eigenvalue weighted by Gasteiger charge is 2.41. The molecule has 0 saturated carbocycles. The number of likely N-dealkylation sites (tertiary alicyclic amines) is 1. The molecule has 1 aliphatic heterocycles. The van der Waals surface area contributed by atoms with Gasteiger partial charge in [0.2, 0.25) is 0 Å². The number of halogens is 2. The van der Waals surface area contributed by atoms with Crippen LogP contribution in [0.3, 0.4) is 0 Å². The summed E-state index contributed by atoms with van der Waals surface area (Å²) in [6.07, 6.45) is -2.27. The summed E-state index contributed by atoms with van der Waals surface area (Å²) in [5.74, 6) is -1.28. The molecule has 1 fully saturated rings. The molecule has 29 heavy (non-hydrogen) atoms. The molecule has 1 aromatic heterocycles. The number of amides is 2. The van der Waals surface area contributed by atoms with Gasteiger partial charge in [-0.25, -0.2) is 13.6 Å². The van der Waals surface area contributed by atoms with Crippen molar-refractivity contribution in [2.24, 2.45) is 5.92 Å². The lowest BCUT2D eigenvalue weighted by atomic mass is 9.94. The molecule has 2 aromatic rings. The van der Waals surface area contributed by atoms with E-state index in [0.717, 1.165) is 0 Å². The Balaban J connectivity index is 1.58. The van der Waals surface area contributed by atoms with Crippen molar-refractivity contribution < 1.29 is 27.5 Å². The van der Waals surface area contributed by atoms with Gasteiger partial charge in [0, 0.05) is 30.0 Å². The van der Waals surface area contributed by atoms with E-state index in [9.17, 15) is 18.4 Å². The first-order valence-corrected chi connectivity index (χ1v) is 9.57. The third-order valence-electron chi connectivity index (χ3n) is 4.91. The average Bonchev–Trinajstić information content (AvgIpc) is 2.88.